The van der Waals surface area contributed by atoms with Crippen LogP contribution < -0.4 is 5.73 Å². The van der Waals surface area contributed by atoms with Gasteiger partial charge in [-0.15, -0.1) is 11.3 Å². The van der Waals surface area contributed by atoms with Gasteiger partial charge in [-0.25, -0.2) is 4.98 Å². The third-order valence-electron chi connectivity index (χ3n) is 2.31. The topological polar surface area (TPSA) is 64.9 Å². The second-order valence-electron chi connectivity index (χ2n) is 3.50. The van der Waals surface area contributed by atoms with Gasteiger partial charge in [0.05, 0.1) is 21.6 Å². The molecule has 5 heteroatoms. The molecule has 0 aliphatic rings. The lowest BCUT2D eigenvalue weighted by atomic mass is 10.2. The first kappa shape index (κ1) is 10.3. The Bertz CT molecular complexity index is 449. The molecule has 80 valence electrons. The molecular weight excluding hydrogens is 210 g/mol. The molecule has 2 heterocycles. The Kier molecular flexibility index (Phi) is 2.83. The molecule has 0 bridgehead atoms. The Morgan fingerprint density at radius 3 is 2.93 bits per heavy atom. The van der Waals surface area contributed by atoms with Gasteiger partial charge in [0.25, 0.3) is 0 Å². The van der Waals surface area contributed by atoms with Crippen molar-refractivity contribution in [2.24, 2.45) is 5.73 Å². The number of hydrogen-bond acceptors (Lipinski definition) is 5. The van der Waals surface area contributed by atoms with Crippen LogP contribution in [0.3, 0.4) is 0 Å². The van der Waals surface area contributed by atoms with Crippen molar-refractivity contribution in [3.05, 3.63) is 23.2 Å². The third kappa shape index (κ3) is 1.93. The number of aromatic nitrogens is 2. The maximum absolute atomic E-state index is 5.60. The van der Waals surface area contributed by atoms with E-state index < -0.39 is 0 Å². The number of nitrogens with zero attached hydrogens (tertiary/aromatic N) is 2. The molecule has 2 aromatic heterocycles. The largest absolute Gasteiger partial charge is 0.361 e. The minimum absolute atomic E-state index is 0.309. The van der Waals surface area contributed by atoms with Gasteiger partial charge in [0, 0.05) is 18.7 Å². The number of hydrogen-bond donors (Lipinski definition) is 1. The second-order valence-corrected chi connectivity index (χ2v) is 4.56. The van der Waals surface area contributed by atoms with E-state index in [1.807, 2.05) is 13.1 Å². The zero-order chi connectivity index (χ0) is 10.8. The summed E-state index contributed by atoms with van der Waals surface area (Å²) in [5, 5.41) is 4.81. The third-order valence-corrected chi connectivity index (χ3v) is 3.58. The smallest absolute Gasteiger partial charge is 0.142 e. The zero-order valence-corrected chi connectivity index (χ0v) is 9.54. The van der Waals surface area contributed by atoms with Crippen LogP contribution in [0.15, 0.2) is 16.9 Å². The van der Waals surface area contributed by atoms with Crippen molar-refractivity contribution < 1.29 is 4.52 Å². The van der Waals surface area contributed by atoms with Crippen molar-refractivity contribution in [3.63, 3.8) is 0 Å². The Labute approximate surface area is 92.1 Å². The van der Waals surface area contributed by atoms with Gasteiger partial charge >= 0.3 is 0 Å². The highest BCUT2D eigenvalue weighted by Gasteiger charge is 2.13. The molecule has 15 heavy (non-hydrogen) atoms. The van der Waals surface area contributed by atoms with Crippen molar-refractivity contribution in [1.82, 2.24) is 10.1 Å². The van der Waals surface area contributed by atoms with Gasteiger partial charge in [0.15, 0.2) is 0 Å². The summed E-state index contributed by atoms with van der Waals surface area (Å²) in [4.78, 5) is 5.44. The molecule has 4 nitrogen and oxygen atoms in total. The van der Waals surface area contributed by atoms with Gasteiger partial charge in [-0.3, -0.25) is 0 Å². The van der Waals surface area contributed by atoms with E-state index in [1.165, 1.54) is 0 Å². The molecule has 0 aliphatic heterocycles. The van der Waals surface area contributed by atoms with Gasteiger partial charge in [0.2, 0.25) is 0 Å². The van der Waals surface area contributed by atoms with Crippen LogP contribution in [0.5, 0.6) is 0 Å². The molecule has 2 rings (SSSR count). The minimum atomic E-state index is 0.309. The minimum Gasteiger partial charge on any atom is -0.361 e. The summed E-state index contributed by atoms with van der Waals surface area (Å²) in [6.07, 6.45) is 3.57. The van der Waals surface area contributed by atoms with Crippen LogP contribution in [0.2, 0.25) is 0 Å². The number of rotatable bonds is 3. The monoisotopic (exact) mass is 223 g/mol. The fourth-order valence-electron chi connectivity index (χ4n) is 1.28. The summed E-state index contributed by atoms with van der Waals surface area (Å²) in [6.45, 7) is 4.59. The molecule has 2 N–H and O–H groups in total. The summed E-state index contributed by atoms with van der Waals surface area (Å²) in [6, 6.07) is 0. The quantitative estimate of drug-likeness (QED) is 0.866. The van der Waals surface area contributed by atoms with Gasteiger partial charge in [0.1, 0.15) is 5.76 Å². The zero-order valence-electron chi connectivity index (χ0n) is 8.73. The molecule has 0 spiro atoms. The lowest BCUT2D eigenvalue weighted by Crippen LogP contribution is -2.08. The average Bonchev–Trinajstić information content (AvgIpc) is 2.84. The first-order valence-electron chi connectivity index (χ1n) is 4.79. The molecule has 1 unspecified atom stereocenters. The van der Waals surface area contributed by atoms with Crippen LogP contribution in [-0.4, -0.2) is 16.7 Å². The summed E-state index contributed by atoms with van der Waals surface area (Å²) in [7, 11) is 0. The van der Waals surface area contributed by atoms with E-state index in [0.717, 1.165) is 21.2 Å². The van der Waals surface area contributed by atoms with Crippen molar-refractivity contribution in [2.75, 3.05) is 6.54 Å². The van der Waals surface area contributed by atoms with E-state index in [2.05, 4.69) is 17.1 Å². The molecule has 0 aromatic carbocycles. The lowest BCUT2D eigenvalue weighted by Gasteiger charge is -2.01. The predicted octanol–water partition coefficient (Wildman–Crippen LogP) is 2.17. The molecular formula is C10H13N3OS. The van der Waals surface area contributed by atoms with Crippen LogP contribution in [0.4, 0.5) is 0 Å². The Morgan fingerprint density at radius 1 is 1.53 bits per heavy atom. The van der Waals surface area contributed by atoms with Gasteiger partial charge in [-0.1, -0.05) is 12.1 Å². The van der Waals surface area contributed by atoms with E-state index in [0.29, 0.717) is 12.5 Å². The highest BCUT2D eigenvalue weighted by Crippen LogP contribution is 2.31. The highest BCUT2D eigenvalue weighted by atomic mass is 32.1. The van der Waals surface area contributed by atoms with Gasteiger partial charge in [-0.2, -0.15) is 0 Å². The lowest BCUT2D eigenvalue weighted by molar-refractivity contribution is 0.398. The van der Waals surface area contributed by atoms with E-state index in [4.69, 9.17) is 10.3 Å². The first-order valence-corrected chi connectivity index (χ1v) is 5.61. The molecule has 0 fully saturated rings. The molecule has 1 atom stereocenters. The molecule has 0 aliphatic carbocycles. The maximum Gasteiger partial charge on any atom is 0.142 e. The van der Waals surface area contributed by atoms with Gasteiger partial charge < -0.3 is 10.3 Å². The highest BCUT2D eigenvalue weighted by molar-refractivity contribution is 7.15. The van der Waals surface area contributed by atoms with Crippen LogP contribution >= 0.6 is 11.3 Å². The van der Waals surface area contributed by atoms with Crippen LogP contribution in [-0.2, 0) is 0 Å². The Balaban J connectivity index is 2.32. The summed E-state index contributed by atoms with van der Waals surface area (Å²) in [5.41, 5.74) is 6.61. The predicted molar refractivity (Wildman–Crippen MR) is 59.8 cm³/mol. The van der Waals surface area contributed by atoms with E-state index >= 15 is 0 Å². The molecule has 0 radical (unpaired) electrons. The number of nitrogens with two attached hydrogens (primary N) is 1. The normalized spacial score (nSPS) is 13.0. The van der Waals surface area contributed by atoms with Crippen LogP contribution in [0.25, 0.3) is 10.4 Å². The number of aryl methyl sites for hydroxylation is 1. The van der Waals surface area contributed by atoms with Crippen molar-refractivity contribution in [1.29, 1.82) is 0 Å². The molecule has 0 amide bonds. The van der Waals surface area contributed by atoms with Gasteiger partial charge in [-0.05, 0) is 6.92 Å². The summed E-state index contributed by atoms with van der Waals surface area (Å²) >= 11 is 1.65. The van der Waals surface area contributed by atoms with Crippen LogP contribution in [0.1, 0.15) is 23.6 Å². The number of thiazole rings is 1. The summed E-state index contributed by atoms with van der Waals surface area (Å²) in [5.74, 6) is 1.13. The Morgan fingerprint density at radius 2 is 2.33 bits per heavy atom. The average molecular weight is 223 g/mol. The second kappa shape index (κ2) is 4.12. The SMILES string of the molecule is Cc1oncc1-c1cnc(C(C)CN)s1. The van der Waals surface area contributed by atoms with E-state index in [1.54, 1.807) is 17.5 Å². The first-order chi connectivity index (χ1) is 7.22. The molecule has 2 aromatic rings. The fourth-order valence-corrected chi connectivity index (χ4v) is 2.32. The van der Waals surface area contributed by atoms with Crippen molar-refractivity contribution in [3.8, 4) is 10.4 Å². The molecule has 0 saturated heterocycles. The molecule has 0 saturated carbocycles. The van der Waals surface area contributed by atoms with E-state index in [-0.39, 0.29) is 0 Å². The Hall–Kier alpha value is -1.20. The standard InChI is InChI=1S/C10H13N3OS/c1-6(3-11)10-12-5-9(15-10)8-4-13-14-7(8)2/h4-6H,3,11H2,1-2H3. The summed E-state index contributed by atoms with van der Waals surface area (Å²) < 4.78 is 5.02. The van der Waals surface area contributed by atoms with E-state index in [9.17, 15) is 0 Å². The van der Waals surface area contributed by atoms with Crippen molar-refractivity contribution >= 4 is 11.3 Å². The maximum atomic E-state index is 5.60. The van der Waals surface area contributed by atoms with Crippen LogP contribution in [0, 0.1) is 6.92 Å². The fraction of sp³-hybridized carbons (Fsp3) is 0.400. The van der Waals surface area contributed by atoms with Crippen molar-refractivity contribution in [2.45, 2.75) is 19.8 Å².